The molecule has 0 aliphatic heterocycles. The number of rotatable bonds is 84. The fourth-order valence-electron chi connectivity index (χ4n) is 13.1. The first-order valence-electron chi connectivity index (χ1n) is 46.8. The zero-order chi connectivity index (χ0) is 79.4. The second-order valence-electron chi connectivity index (χ2n) is 30.7. The summed E-state index contributed by atoms with van der Waals surface area (Å²) in [7, 11) is 0. The monoisotopic (exact) mass is 1900 g/mol. The fraction of sp³-hybridized carbons (Fsp3) is 0.878. The molecule has 0 fully saturated rings. The van der Waals surface area contributed by atoms with Crippen molar-refractivity contribution in [2.45, 2.75) is 505 Å². The summed E-state index contributed by atoms with van der Waals surface area (Å²) in [5.74, 6) is 1.68. The third kappa shape index (κ3) is 136. The van der Waals surface area contributed by atoms with Gasteiger partial charge < -0.3 is 69.5 Å². The van der Waals surface area contributed by atoms with Gasteiger partial charge in [-0.2, -0.15) is 13.5 Å². The summed E-state index contributed by atoms with van der Waals surface area (Å²) in [6.45, 7) is 10.7. The number of unbranched alkanes of at least 4 members (excludes halogenated alkanes) is 60. The van der Waals surface area contributed by atoms with Gasteiger partial charge in [-0.1, -0.05) is 399 Å². The van der Waals surface area contributed by atoms with Crippen molar-refractivity contribution in [3.8, 4) is 0 Å². The van der Waals surface area contributed by atoms with E-state index in [-0.39, 0.29) is 100 Å². The molecular weight excluding hydrogens is 1700 g/mol. The summed E-state index contributed by atoms with van der Waals surface area (Å²) >= 11 is 19.0. The van der Waals surface area contributed by atoms with Crippen LogP contribution in [0.3, 0.4) is 0 Å². The van der Waals surface area contributed by atoms with E-state index in [9.17, 15) is 19.2 Å². The molecule has 15 heteroatoms. The normalized spacial score (nSPS) is 10.8. The van der Waals surface area contributed by atoms with Gasteiger partial charge in [0, 0.05) is 25.7 Å². The van der Waals surface area contributed by atoms with Crippen LogP contribution in [-0.2, 0) is 88.6 Å². The van der Waals surface area contributed by atoms with E-state index in [0.717, 1.165) is 51.4 Å². The molecule has 0 rings (SSSR count). The third-order valence-electron chi connectivity index (χ3n) is 20.0. The molecule has 0 saturated carbocycles. The Labute approximate surface area is 769 Å². The summed E-state index contributed by atoms with van der Waals surface area (Å²) in [5.41, 5.74) is 0. The first-order valence-corrected chi connectivity index (χ1v) is 49.1. The Morgan fingerprint density at radius 2 is 0.301 bits per heavy atom. The van der Waals surface area contributed by atoms with Crippen LogP contribution in [0.2, 0.25) is 0 Å². The maximum Gasteiger partial charge on any atom is 2.00 e. The number of esters is 4. The van der Waals surface area contributed by atoms with Gasteiger partial charge in [0.2, 0.25) is 0 Å². The maximum absolute atomic E-state index is 11.3. The molecule has 0 aliphatic rings. The van der Waals surface area contributed by atoms with Crippen molar-refractivity contribution in [1.82, 2.24) is 0 Å². The molecule has 0 bridgehead atoms. The molecule has 0 unspecified atom stereocenters. The van der Waals surface area contributed by atoms with Gasteiger partial charge in [-0.05, 0) is 128 Å². The van der Waals surface area contributed by atoms with Gasteiger partial charge in [0.15, 0.2) is 0 Å². The molecule has 0 aliphatic carbocycles. The van der Waals surface area contributed by atoms with Gasteiger partial charge in [0.25, 0.3) is 0 Å². The number of ether oxygens (including phenoxy) is 4. The van der Waals surface area contributed by atoms with Gasteiger partial charge in [-0.15, -0.1) is 23.0 Å². The standard InChI is InChI=1S/4C24H46O2S.2CH4.H2S.2Sn/c4*1-2-3-4-5-6-7-8-9-10-11-12-13-14-15-16-17-18-19-20-21-24(25)26-22-23-27;;;;;/h4*8-9,27H,2-7,10-23H2,1H3;2*1H4;1H2;;/q;;;;;;;2*+2/p-4/b4*9-8+;;;;;. The van der Waals surface area contributed by atoms with Crippen molar-refractivity contribution in [2.75, 3.05) is 49.4 Å². The minimum Gasteiger partial charge on any atom is -0.789 e. The summed E-state index contributed by atoms with van der Waals surface area (Å²) in [4.78, 5) is 45.2. The predicted molar refractivity (Wildman–Crippen MR) is 520 cm³/mol. The van der Waals surface area contributed by atoms with Crippen LogP contribution in [0.1, 0.15) is 505 Å². The van der Waals surface area contributed by atoms with Gasteiger partial charge in [0.05, 0.1) is 26.4 Å². The zero-order valence-corrected chi connectivity index (χ0v) is 83.6. The van der Waals surface area contributed by atoms with E-state index in [0.29, 0.717) is 75.1 Å². The molecule has 0 aromatic rings. The van der Waals surface area contributed by atoms with Crippen molar-refractivity contribution < 1.29 is 38.1 Å². The molecule has 113 heavy (non-hydrogen) atoms. The van der Waals surface area contributed by atoms with E-state index in [1.54, 1.807) is 0 Å². The topological polar surface area (TPSA) is 105 Å². The SMILES string of the molecule is C.C.CCCCCCC/C=C/CCCCCCCCCCCCC(=O)OCC[S-].CCCCCCC/C=C/CCCCCCCCCCCCC(=O)OCC[S-].CCCCCCC/C=C/CCCCCCCCCCCCC(=O)OCC[S-].CCCCCCC/C=C/CCCCCCCCCCCCC(=O)OCC[S-].S.[Sn+2].[Sn+2]. The van der Waals surface area contributed by atoms with Gasteiger partial charge >= 0.3 is 71.7 Å². The van der Waals surface area contributed by atoms with Crippen molar-refractivity contribution in [1.29, 1.82) is 0 Å². The maximum atomic E-state index is 11.3. The van der Waals surface area contributed by atoms with Crippen LogP contribution in [0.5, 0.6) is 0 Å². The van der Waals surface area contributed by atoms with Crippen molar-refractivity contribution >= 4 is 136 Å². The molecule has 4 radical (unpaired) electrons. The summed E-state index contributed by atoms with van der Waals surface area (Å²) in [6.07, 6.45) is 111. The molecule has 8 nitrogen and oxygen atoms in total. The van der Waals surface area contributed by atoms with Crippen molar-refractivity contribution in [3.05, 3.63) is 48.6 Å². The first-order chi connectivity index (χ1) is 53.2. The minimum absolute atomic E-state index is 0. The average Bonchev–Trinajstić information content (AvgIpc) is 1.34. The van der Waals surface area contributed by atoms with Crippen LogP contribution in [0.4, 0.5) is 0 Å². The second kappa shape index (κ2) is 128. The van der Waals surface area contributed by atoms with Crippen LogP contribution in [0.25, 0.3) is 0 Å². The van der Waals surface area contributed by atoms with E-state index in [1.165, 1.54) is 385 Å². The number of hydrogen-bond donors (Lipinski definition) is 0. The van der Waals surface area contributed by atoms with E-state index in [2.05, 4.69) is 76.3 Å². The summed E-state index contributed by atoms with van der Waals surface area (Å²) < 4.78 is 19.9. The van der Waals surface area contributed by atoms with Crippen LogP contribution in [0, 0.1) is 0 Å². The quantitative estimate of drug-likeness (QED) is 0.0145. The number of carbonyl (C=O) groups excluding carboxylic acids is 4. The molecule has 0 amide bonds. The Kier molecular flexibility index (Phi) is 148. The van der Waals surface area contributed by atoms with Crippen molar-refractivity contribution in [3.63, 3.8) is 0 Å². The molecule has 0 atom stereocenters. The molecule has 668 valence electrons. The van der Waals surface area contributed by atoms with Crippen LogP contribution in [-0.4, -0.2) is 121 Å². The Balaban J connectivity index is -0.000000180. The molecule has 0 aromatic carbocycles. The van der Waals surface area contributed by atoms with E-state index >= 15 is 0 Å². The van der Waals surface area contributed by atoms with Gasteiger partial charge in [0.1, 0.15) is 0 Å². The predicted octanol–water partition coefficient (Wildman–Crippen LogP) is 31.3. The van der Waals surface area contributed by atoms with Crippen molar-refractivity contribution in [2.24, 2.45) is 0 Å². The average molecular weight is 1890 g/mol. The molecule has 0 heterocycles. The first kappa shape index (κ1) is 131. The molecular formula is C98H190O8S5Sn2. The molecule has 0 N–H and O–H groups in total. The molecule has 0 aromatic heterocycles. The minimum atomic E-state index is -0.0818. The van der Waals surface area contributed by atoms with E-state index in [1.807, 2.05) is 0 Å². The smallest absolute Gasteiger partial charge is 0.789 e. The largest absolute Gasteiger partial charge is 2.00 e. The molecule has 0 spiro atoms. The number of carbonyl (C=O) groups is 4. The second-order valence-corrected chi connectivity index (χ2v) is 32.3. The van der Waals surface area contributed by atoms with E-state index in [4.69, 9.17) is 69.5 Å². The summed E-state index contributed by atoms with van der Waals surface area (Å²) in [5, 5.41) is 0. The molecule has 0 saturated heterocycles. The van der Waals surface area contributed by atoms with Gasteiger partial charge in [-0.25, -0.2) is 0 Å². The zero-order valence-electron chi connectivity index (χ0n) is 73.6. The van der Waals surface area contributed by atoms with Crippen LogP contribution < -0.4 is 0 Å². The Hall–Kier alpha value is 0.187. The van der Waals surface area contributed by atoms with Gasteiger partial charge in [-0.3, -0.25) is 19.2 Å². The summed E-state index contributed by atoms with van der Waals surface area (Å²) in [6, 6.07) is 0. The Morgan fingerprint density at radius 3 is 0.416 bits per heavy atom. The van der Waals surface area contributed by atoms with Crippen LogP contribution >= 0.6 is 13.5 Å². The van der Waals surface area contributed by atoms with Crippen LogP contribution in [0.15, 0.2) is 48.6 Å². The number of allylic oxidation sites excluding steroid dienone is 8. The third-order valence-corrected chi connectivity index (χ3v) is 20.6. The fourth-order valence-corrected chi connectivity index (χ4v) is 13.4. The van der Waals surface area contributed by atoms with E-state index < -0.39 is 0 Å². The Morgan fingerprint density at radius 1 is 0.195 bits per heavy atom. The Bertz CT molecular complexity index is 1590. The number of hydrogen-bond acceptors (Lipinski definition) is 12.